The van der Waals surface area contributed by atoms with E-state index in [1.54, 1.807) is 0 Å². The van der Waals surface area contributed by atoms with Crippen molar-refractivity contribution in [3.8, 4) is 55.6 Å². The highest BCUT2D eigenvalue weighted by Gasteiger charge is 2.19. The van der Waals surface area contributed by atoms with E-state index in [0.29, 0.717) is 0 Å². The number of rotatable bonds is 8. The molecular formula is C58H39NO. The largest absolute Gasteiger partial charge is 0.455 e. The predicted octanol–water partition coefficient (Wildman–Crippen LogP) is 16.5. The molecule has 1 aromatic heterocycles. The van der Waals surface area contributed by atoms with E-state index in [4.69, 9.17) is 4.42 Å². The standard InChI is InChI=1S/C58H39NO/c1-4-15-40(16-5-1)45-22-12-24-49(37-45)59(48-33-29-41(30-34-48)46-32-35-51(42-17-6-2-7-18-42)55(39-46)43-19-8-3-9-20-43)50-25-13-23-47(38-50)52-27-14-28-56-57(52)54-36-31-44-21-10-11-26-53(44)58(54)60-56/h1-39H. The Hall–Kier alpha value is -7.94. The van der Waals surface area contributed by atoms with Crippen LogP contribution >= 0.6 is 0 Å². The number of fused-ring (bicyclic) bond motifs is 5. The molecule has 2 nitrogen and oxygen atoms in total. The van der Waals surface area contributed by atoms with Gasteiger partial charge in [0.15, 0.2) is 0 Å². The molecule has 11 aromatic rings. The minimum absolute atomic E-state index is 0.888. The van der Waals surface area contributed by atoms with Gasteiger partial charge in [-0.3, -0.25) is 0 Å². The minimum Gasteiger partial charge on any atom is -0.455 e. The van der Waals surface area contributed by atoms with Crippen molar-refractivity contribution in [1.29, 1.82) is 0 Å². The minimum atomic E-state index is 0.888. The molecule has 10 aromatic carbocycles. The zero-order valence-corrected chi connectivity index (χ0v) is 32.9. The van der Waals surface area contributed by atoms with Crippen LogP contribution in [0.1, 0.15) is 0 Å². The first-order chi connectivity index (χ1) is 29.7. The van der Waals surface area contributed by atoms with Crippen molar-refractivity contribution in [3.63, 3.8) is 0 Å². The first-order valence-corrected chi connectivity index (χ1v) is 20.5. The van der Waals surface area contributed by atoms with E-state index in [2.05, 4.69) is 241 Å². The molecule has 0 aliphatic carbocycles. The third-order valence-corrected chi connectivity index (χ3v) is 11.7. The molecule has 0 atom stereocenters. The maximum absolute atomic E-state index is 6.60. The first-order valence-electron chi connectivity index (χ1n) is 20.5. The fraction of sp³-hybridized carbons (Fsp3) is 0. The Kier molecular flexibility index (Phi) is 8.87. The summed E-state index contributed by atoms with van der Waals surface area (Å²) in [7, 11) is 0. The van der Waals surface area contributed by atoms with Crippen molar-refractivity contribution >= 4 is 49.8 Å². The lowest BCUT2D eigenvalue weighted by atomic mass is 9.91. The van der Waals surface area contributed by atoms with Crippen LogP contribution in [0.25, 0.3) is 88.3 Å². The monoisotopic (exact) mass is 765 g/mol. The molecule has 0 N–H and O–H groups in total. The number of anilines is 3. The van der Waals surface area contributed by atoms with E-state index in [-0.39, 0.29) is 0 Å². The maximum Gasteiger partial charge on any atom is 0.143 e. The Labute approximate surface area is 349 Å². The molecular weight excluding hydrogens is 727 g/mol. The van der Waals surface area contributed by atoms with Crippen molar-refractivity contribution in [2.75, 3.05) is 4.90 Å². The summed E-state index contributed by atoms with van der Waals surface area (Å²) in [6, 6.07) is 84.8. The highest BCUT2D eigenvalue weighted by molar-refractivity contribution is 6.19. The molecule has 1 heterocycles. The van der Waals surface area contributed by atoms with E-state index in [9.17, 15) is 0 Å². The second kappa shape index (κ2) is 15.1. The molecule has 282 valence electrons. The summed E-state index contributed by atoms with van der Waals surface area (Å²) in [5.41, 5.74) is 16.8. The molecule has 11 rings (SSSR count). The second-order valence-corrected chi connectivity index (χ2v) is 15.3. The van der Waals surface area contributed by atoms with Gasteiger partial charge in [0, 0.05) is 33.2 Å². The lowest BCUT2D eigenvalue weighted by Gasteiger charge is -2.27. The molecule has 0 saturated carbocycles. The van der Waals surface area contributed by atoms with Crippen LogP contribution in [0.4, 0.5) is 17.1 Å². The van der Waals surface area contributed by atoms with E-state index in [1.807, 2.05) is 0 Å². The summed E-state index contributed by atoms with van der Waals surface area (Å²) >= 11 is 0. The lowest BCUT2D eigenvalue weighted by molar-refractivity contribution is 0.673. The van der Waals surface area contributed by atoms with Gasteiger partial charge in [-0.15, -0.1) is 0 Å². The van der Waals surface area contributed by atoms with Gasteiger partial charge >= 0.3 is 0 Å². The van der Waals surface area contributed by atoms with E-state index < -0.39 is 0 Å². The fourth-order valence-corrected chi connectivity index (χ4v) is 8.76. The summed E-state index contributed by atoms with van der Waals surface area (Å²) in [6.45, 7) is 0. The van der Waals surface area contributed by atoms with Crippen LogP contribution in [-0.4, -0.2) is 0 Å². The third kappa shape index (κ3) is 6.41. The Balaban J connectivity index is 1.03. The van der Waals surface area contributed by atoms with Gasteiger partial charge in [0.05, 0.1) is 0 Å². The lowest BCUT2D eigenvalue weighted by Crippen LogP contribution is -2.10. The molecule has 0 bridgehead atoms. The van der Waals surface area contributed by atoms with Gasteiger partial charge in [0.1, 0.15) is 11.2 Å². The van der Waals surface area contributed by atoms with Gasteiger partial charge in [0.25, 0.3) is 0 Å². The van der Waals surface area contributed by atoms with Crippen molar-refractivity contribution in [2.45, 2.75) is 0 Å². The summed E-state index contributed by atoms with van der Waals surface area (Å²) in [5.74, 6) is 0. The van der Waals surface area contributed by atoms with Gasteiger partial charge in [-0.25, -0.2) is 0 Å². The van der Waals surface area contributed by atoms with Crippen LogP contribution < -0.4 is 4.90 Å². The number of hydrogen-bond donors (Lipinski definition) is 0. The normalized spacial score (nSPS) is 11.3. The van der Waals surface area contributed by atoms with Gasteiger partial charge in [-0.2, -0.15) is 0 Å². The zero-order valence-electron chi connectivity index (χ0n) is 32.9. The molecule has 0 aliphatic rings. The Morgan fingerprint density at radius 3 is 1.57 bits per heavy atom. The van der Waals surface area contributed by atoms with Crippen LogP contribution in [0.2, 0.25) is 0 Å². The Bertz CT molecular complexity index is 3290. The molecule has 60 heavy (non-hydrogen) atoms. The van der Waals surface area contributed by atoms with Gasteiger partial charge in [0.2, 0.25) is 0 Å². The molecule has 0 fully saturated rings. The average molecular weight is 766 g/mol. The van der Waals surface area contributed by atoms with Crippen molar-refractivity contribution in [1.82, 2.24) is 0 Å². The molecule has 0 saturated heterocycles. The maximum atomic E-state index is 6.60. The third-order valence-electron chi connectivity index (χ3n) is 11.7. The average Bonchev–Trinajstić information content (AvgIpc) is 3.73. The van der Waals surface area contributed by atoms with Crippen molar-refractivity contribution in [2.24, 2.45) is 0 Å². The van der Waals surface area contributed by atoms with E-state index >= 15 is 0 Å². The highest BCUT2D eigenvalue weighted by Crippen LogP contribution is 2.43. The smallest absolute Gasteiger partial charge is 0.143 e. The summed E-state index contributed by atoms with van der Waals surface area (Å²) in [4.78, 5) is 2.37. The van der Waals surface area contributed by atoms with Gasteiger partial charge in [-0.05, 0) is 116 Å². The SMILES string of the molecule is c1ccc(-c2cccc(N(c3ccc(-c4ccc(-c5ccccc5)c(-c5ccccc5)c4)cc3)c3cccc(-c4cccc5oc6c7ccccc7ccc6c45)c3)c2)cc1. The fourth-order valence-electron chi connectivity index (χ4n) is 8.76. The molecule has 0 aliphatic heterocycles. The topological polar surface area (TPSA) is 16.4 Å². The van der Waals surface area contributed by atoms with Crippen LogP contribution in [0.15, 0.2) is 241 Å². The summed E-state index contributed by atoms with van der Waals surface area (Å²) in [6.07, 6.45) is 0. The van der Waals surface area contributed by atoms with E-state index in [1.165, 1.54) is 44.3 Å². The highest BCUT2D eigenvalue weighted by atomic mass is 16.3. The van der Waals surface area contributed by atoms with Crippen LogP contribution in [0.5, 0.6) is 0 Å². The Morgan fingerprint density at radius 1 is 0.283 bits per heavy atom. The van der Waals surface area contributed by atoms with Gasteiger partial charge < -0.3 is 9.32 Å². The quantitative estimate of drug-likeness (QED) is 0.153. The number of nitrogens with zero attached hydrogens (tertiary/aromatic N) is 1. The molecule has 2 heteroatoms. The van der Waals surface area contributed by atoms with Crippen LogP contribution in [0.3, 0.4) is 0 Å². The zero-order chi connectivity index (χ0) is 39.8. The molecule has 0 amide bonds. The predicted molar refractivity (Wildman–Crippen MR) is 253 cm³/mol. The van der Waals surface area contributed by atoms with Crippen LogP contribution in [-0.2, 0) is 0 Å². The van der Waals surface area contributed by atoms with Crippen molar-refractivity contribution < 1.29 is 4.42 Å². The van der Waals surface area contributed by atoms with E-state index in [0.717, 1.165) is 61.1 Å². The summed E-state index contributed by atoms with van der Waals surface area (Å²) in [5, 5.41) is 4.56. The molecule has 0 spiro atoms. The number of benzene rings is 10. The Morgan fingerprint density at radius 2 is 0.833 bits per heavy atom. The molecule has 0 radical (unpaired) electrons. The van der Waals surface area contributed by atoms with Gasteiger partial charge in [-0.1, -0.05) is 182 Å². The first kappa shape index (κ1) is 35.2. The van der Waals surface area contributed by atoms with Crippen LogP contribution in [0, 0.1) is 0 Å². The summed E-state index contributed by atoms with van der Waals surface area (Å²) < 4.78 is 6.60. The number of furan rings is 1. The number of hydrogen-bond acceptors (Lipinski definition) is 2. The van der Waals surface area contributed by atoms with Crippen molar-refractivity contribution in [3.05, 3.63) is 237 Å². The second-order valence-electron chi connectivity index (χ2n) is 15.3. The molecule has 0 unspecified atom stereocenters.